The fourth-order valence-electron chi connectivity index (χ4n) is 1.34. The van der Waals surface area contributed by atoms with Gasteiger partial charge in [-0.25, -0.2) is 0 Å². The van der Waals surface area contributed by atoms with E-state index in [9.17, 15) is 0 Å². The smallest absolute Gasteiger partial charge is 0.143 e. The normalized spacial score (nSPS) is 10.0. The van der Waals surface area contributed by atoms with Crippen LogP contribution in [0, 0.1) is 0 Å². The zero-order valence-electron chi connectivity index (χ0n) is 8.99. The van der Waals surface area contributed by atoms with Crippen molar-refractivity contribution < 1.29 is 9.84 Å². The maximum Gasteiger partial charge on any atom is 0.143 e. The molecule has 15 heavy (non-hydrogen) atoms. The van der Waals surface area contributed by atoms with Gasteiger partial charge in [0.25, 0.3) is 0 Å². The van der Waals surface area contributed by atoms with Crippen molar-refractivity contribution in [2.45, 2.75) is 12.8 Å². The van der Waals surface area contributed by atoms with E-state index in [0.717, 1.165) is 25.1 Å². The van der Waals surface area contributed by atoms with Gasteiger partial charge in [0.15, 0.2) is 0 Å². The Kier molecular flexibility index (Phi) is 4.77. The van der Waals surface area contributed by atoms with Gasteiger partial charge >= 0.3 is 0 Å². The lowest BCUT2D eigenvalue weighted by atomic mass is 10.2. The van der Waals surface area contributed by atoms with Crippen LogP contribution in [-0.4, -0.2) is 25.4 Å². The number of nitrogens with one attached hydrogen (secondary N) is 1. The number of anilines is 2. The van der Waals surface area contributed by atoms with Crippen molar-refractivity contribution in [3.63, 3.8) is 0 Å². The van der Waals surface area contributed by atoms with Gasteiger partial charge in [0.05, 0.1) is 18.5 Å². The fourth-order valence-corrected chi connectivity index (χ4v) is 1.34. The van der Waals surface area contributed by atoms with Crippen LogP contribution in [0.5, 0.6) is 5.75 Å². The van der Waals surface area contributed by atoms with E-state index in [1.165, 1.54) is 0 Å². The highest BCUT2D eigenvalue weighted by Gasteiger charge is 2.03. The van der Waals surface area contributed by atoms with E-state index in [2.05, 4.69) is 5.32 Å². The molecule has 4 nitrogen and oxygen atoms in total. The molecular formula is C11H18N2O2. The second kappa shape index (κ2) is 6.14. The molecule has 4 N–H and O–H groups in total. The number of ether oxygens (including phenoxy) is 1. The molecule has 0 saturated heterocycles. The summed E-state index contributed by atoms with van der Waals surface area (Å²) < 4.78 is 5.11. The highest BCUT2D eigenvalue weighted by Crippen LogP contribution is 2.28. The van der Waals surface area contributed by atoms with E-state index in [1.807, 2.05) is 18.2 Å². The summed E-state index contributed by atoms with van der Waals surface area (Å²) >= 11 is 0. The Hall–Kier alpha value is -1.42. The standard InChI is InChI=1S/C11H18N2O2/c1-15-10-6-4-5-9(11(10)12)13-7-2-3-8-14/h4-6,13-14H,2-3,7-8,12H2,1H3. The SMILES string of the molecule is COc1cccc(NCCCCO)c1N. The number of hydrogen-bond donors (Lipinski definition) is 3. The Labute approximate surface area is 90.1 Å². The summed E-state index contributed by atoms with van der Waals surface area (Å²) in [6.07, 6.45) is 1.73. The molecule has 84 valence electrons. The molecule has 0 aliphatic rings. The van der Waals surface area contributed by atoms with Gasteiger partial charge in [-0.1, -0.05) is 6.07 Å². The molecule has 0 heterocycles. The third-order valence-electron chi connectivity index (χ3n) is 2.19. The lowest BCUT2D eigenvalue weighted by Gasteiger charge is -2.11. The molecule has 0 aromatic heterocycles. The van der Waals surface area contributed by atoms with Crippen LogP contribution >= 0.6 is 0 Å². The van der Waals surface area contributed by atoms with E-state index >= 15 is 0 Å². The summed E-state index contributed by atoms with van der Waals surface area (Å²) in [6.45, 7) is 1.03. The van der Waals surface area contributed by atoms with E-state index in [4.69, 9.17) is 15.6 Å². The fraction of sp³-hybridized carbons (Fsp3) is 0.455. The number of aliphatic hydroxyl groups is 1. The molecule has 0 unspecified atom stereocenters. The van der Waals surface area contributed by atoms with E-state index in [-0.39, 0.29) is 6.61 Å². The Bertz CT molecular complexity index is 303. The van der Waals surface area contributed by atoms with Gasteiger partial charge in [0.2, 0.25) is 0 Å². The van der Waals surface area contributed by atoms with Crippen LogP contribution in [0.4, 0.5) is 11.4 Å². The van der Waals surface area contributed by atoms with Crippen molar-refractivity contribution in [3.05, 3.63) is 18.2 Å². The molecule has 1 aromatic carbocycles. The van der Waals surface area contributed by atoms with Gasteiger partial charge in [-0.3, -0.25) is 0 Å². The zero-order chi connectivity index (χ0) is 11.1. The highest BCUT2D eigenvalue weighted by atomic mass is 16.5. The molecule has 0 amide bonds. The van der Waals surface area contributed by atoms with Crippen LogP contribution in [-0.2, 0) is 0 Å². The Balaban J connectivity index is 2.53. The number of nitrogen functional groups attached to an aromatic ring is 1. The maximum atomic E-state index is 8.63. The van der Waals surface area contributed by atoms with Crippen LogP contribution in [0.1, 0.15) is 12.8 Å². The summed E-state index contributed by atoms with van der Waals surface area (Å²) in [4.78, 5) is 0. The van der Waals surface area contributed by atoms with Gasteiger partial charge in [-0.05, 0) is 25.0 Å². The maximum absolute atomic E-state index is 8.63. The summed E-state index contributed by atoms with van der Waals surface area (Å²) in [5.41, 5.74) is 7.38. The Morgan fingerprint density at radius 2 is 2.20 bits per heavy atom. The molecule has 0 bridgehead atoms. The van der Waals surface area contributed by atoms with Crippen LogP contribution in [0.15, 0.2) is 18.2 Å². The third kappa shape index (κ3) is 3.32. The van der Waals surface area contributed by atoms with E-state index < -0.39 is 0 Å². The van der Waals surface area contributed by atoms with Crippen LogP contribution < -0.4 is 15.8 Å². The van der Waals surface area contributed by atoms with Crippen molar-refractivity contribution >= 4 is 11.4 Å². The second-order valence-corrected chi connectivity index (χ2v) is 3.28. The topological polar surface area (TPSA) is 67.5 Å². The van der Waals surface area contributed by atoms with Crippen molar-refractivity contribution in [1.82, 2.24) is 0 Å². The van der Waals surface area contributed by atoms with Crippen molar-refractivity contribution in [2.75, 3.05) is 31.3 Å². The molecular weight excluding hydrogens is 192 g/mol. The first-order valence-electron chi connectivity index (χ1n) is 5.06. The van der Waals surface area contributed by atoms with Gasteiger partial charge in [-0.15, -0.1) is 0 Å². The molecule has 0 radical (unpaired) electrons. The predicted molar refractivity (Wildman–Crippen MR) is 62.2 cm³/mol. The zero-order valence-corrected chi connectivity index (χ0v) is 8.99. The third-order valence-corrected chi connectivity index (χ3v) is 2.19. The van der Waals surface area contributed by atoms with Crippen LogP contribution in [0.25, 0.3) is 0 Å². The summed E-state index contributed by atoms with van der Waals surface area (Å²) in [6, 6.07) is 5.63. The molecule has 4 heteroatoms. The van der Waals surface area contributed by atoms with Crippen molar-refractivity contribution in [3.8, 4) is 5.75 Å². The van der Waals surface area contributed by atoms with Crippen LogP contribution in [0.3, 0.4) is 0 Å². The number of unbranched alkanes of at least 4 members (excludes halogenated alkanes) is 1. The first-order chi connectivity index (χ1) is 7.29. The number of aliphatic hydroxyl groups excluding tert-OH is 1. The predicted octanol–water partition coefficient (Wildman–Crippen LogP) is 1.46. The summed E-state index contributed by atoms with van der Waals surface area (Å²) in [7, 11) is 1.60. The van der Waals surface area contributed by atoms with Gasteiger partial charge in [-0.2, -0.15) is 0 Å². The molecule has 0 spiro atoms. The summed E-state index contributed by atoms with van der Waals surface area (Å²) in [5, 5.41) is 11.8. The average Bonchev–Trinajstić information content (AvgIpc) is 2.26. The monoisotopic (exact) mass is 210 g/mol. The van der Waals surface area contributed by atoms with Crippen molar-refractivity contribution in [1.29, 1.82) is 0 Å². The summed E-state index contributed by atoms with van der Waals surface area (Å²) in [5.74, 6) is 0.683. The lowest BCUT2D eigenvalue weighted by molar-refractivity contribution is 0.286. The minimum absolute atomic E-state index is 0.231. The van der Waals surface area contributed by atoms with Crippen LogP contribution in [0.2, 0.25) is 0 Å². The number of para-hydroxylation sites is 1. The second-order valence-electron chi connectivity index (χ2n) is 3.28. The molecule has 0 saturated carbocycles. The Morgan fingerprint density at radius 1 is 1.40 bits per heavy atom. The molecule has 1 aromatic rings. The molecule has 0 fully saturated rings. The lowest BCUT2D eigenvalue weighted by Crippen LogP contribution is -2.05. The quantitative estimate of drug-likeness (QED) is 0.491. The number of methoxy groups -OCH3 is 1. The molecule has 1 rings (SSSR count). The first kappa shape index (κ1) is 11.7. The number of benzene rings is 1. The minimum atomic E-state index is 0.231. The first-order valence-corrected chi connectivity index (χ1v) is 5.06. The van der Waals surface area contributed by atoms with Crippen molar-refractivity contribution in [2.24, 2.45) is 0 Å². The molecule has 0 aliphatic heterocycles. The minimum Gasteiger partial charge on any atom is -0.495 e. The van der Waals surface area contributed by atoms with Gasteiger partial charge in [0.1, 0.15) is 5.75 Å². The van der Waals surface area contributed by atoms with E-state index in [1.54, 1.807) is 7.11 Å². The van der Waals surface area contributed by atoms with E-state index in [0.29, 0.717) is 11.4 Å². The number of hydrogen-bond acceptors (Lipinski definition) is 4. The highest BCUT2D eigenvalue weighted by molar-refractivity contribution is 5.72. The Morgan fingerprint density at radius 3 is 2.87 bits per heavy atom. The van der Waals surface area contributed by atoms with Gasteiger partial charge < -0.3 is 20.9 Å². The molecule has 0 atom stereocenters. The number of rotatable bonds is 6. The largest absolute Gasteiger partial charge is 0.495 e. The average molecular weight is 210 g/mol. The number of nitrogens with two attached hydrogens (primary N) is 1. The van der Waals surface area contributed by atoms with Gasteiger partial charge in [0, 0.05) is 13.2 Å². The molecule has 0 aliphatic carbocycles.